The number of rotatable bonds is 5. The largest absolute Gasteiger partial charge is 0.496 e. The van der Waals surface area contributed by atoms with Gasteiger partial charge >= 0.3 is 0 Å². The van der Waals surface area contributed by atoms with Crippen LogP contribution in [0.25, 0.3) is 0 Å². The lowest BCUT2D eigenvalue weighted by atomic mass is 9.63. The molecule has 1 aromatic rings. The van der Waals surface area contributed by atoms with Gasteiger partial charge in [0.1, 0.15) is 5.75 Å². The monoisotopic (exact) mass is 350 g/mol. The maximum absolute atomic E-state index is 12.8. The highest BCUT2D eigenvalue weighted by Crippen LogP contribution is 2.46. The molecule has 1 aromatic carbocycles. The zero-order valence-corrected chi connectivity index (χ0v) is 14.7. The summed E-state index contributed by atoms with van der Waals surface area (Å²) in [5.74, 6) is 0.770. The number of benzene rings is 1. The van der Waals surface area contributed by atoms with Crippen molar-refractivity contribution in [1.82, 2.24) is 5.32 Å². The lowest BCUT2D eigenvalue weighted by molar-refractivity contribution is 0.0716. The molecule has 1 atom stereocenters. The van der Waals surface area contributed by atoms with E-state index in [4.69, 9.17) is 21.9 Å². The van der Waals surface area contributed by atoms with Crippen molar-refractivity contribution >= 4 is 23.2 Å². The third kappa shape index (κ3) is 2.95. The summed E-state index contributed by atoms with van der Waals surface area (Å²) in [5, 5.41) is 10.5. The molecule has 2 bridgehead atoms. The molecule has 3 aliphatic carbocycles. The molecule has 0 aromatic heterocycles. The summed E-state index contributed by atoms with van der Waals surface area (Å²) >= 11 is 6.22. The highest BCUT2D eigenvalue weighted by atomic mass is 35.5. The minimum absolute atomic E-state index is 0.0570. The van der Waals surface area contributed by atoms with Gasteiger partial charge in [0.2, 0.25) is 0 Å². The summed E-state index contributed by atoms with van der Waals surface area (Å²) in [6, 6.07) is 3.42. The van der Waals surface area contributed by atoms with Gasteiger partial charge in [0.05, 0.1) is 28.9 Å². The number of ether oxygens (including phenoxy) is 1. The molecule has 3 N–H and O–H groups in total. The quantitative estimate of drug-likeness (QED) is 0.705. The van der Waals surface area contributed by atoms with Crippen LogP contribution in [0.5, 0.6) is 5.75 Å². The number of amides is 1. The van der Waals surface area contributed by atoms with Gasteiger partial charge in [0, 0.05) is 19.2 Å². The van der Waals surface area contributed by atoms with Crippen molar-refractivity contribution in [2.24, 2.45) is 11.0 Å². The third-order valence-electron chi connectivity index (χ3n) is 5.49. The molecule has 0 radical (unpaired) electrons. The molecular weight excluding hydrogens is 328 g/mol. The first-order valence-corrected chi connectivity index (χ1v) is 8.64. The Balaban J connectivity index is 1.80. The number of nitrogens with one attached hydrogen (secondary N) is 3. The van der Waals surface area contributed by atoms with Gasteiger partial charge in [-0.3, -0.25) is 4.79 Å². The lowest BCUT2D eigenvalue weighted by Gasteiger charge is -2.47. The van der Waals surface area contributed by atoms with Crippen molar-refractivity contribution in [3.8, 4) is 5.75 Å². The van der Waals surface area contributed by atoms with Crippen LogP contribution in [-0.2, 0) is 0 Å². The first-order chi connectivity index (χ1) is 11.5. The van der Waals surface area contributed by atoms with E-state index in [0.29, 0.717) is 27.9 Å². The van der Waals surface area contributed by atoms with Gasteiger partial charge in [0.25, 0.3) is 5.91 Å². The van der Waals surface area contributed by atoms with E-state index in [-0.39, 0.29) is 17.5 Å². The zero-order valence-electron chi connectivity index (χ0n) is 14.0. The van der Waals surface area contributed by atoms with E-state index in [1.165, 1.54) is 7.11 Å². The van der Waals surface area contributed by atoms with Gasteiger partial charge < -0.3 is 15.4 Å². The van der Waals surface area contributed by atoms with E-state index >= 15 is 0 Å². The molecule has 4 rings (SSSR count). The number of hydrogen-bond acceptors (Lipinski definition) is 5. The Morgan fingerprint density at radius 1 is 1.42 bits per heavy atom. The molecule has 24 heavy (non-hydrogen) atoms. The summed E-state index contributed by atoms with van der Waals surface area (Å²) in [7, 11) is 3.30. The SMILES string of the molecule is CNc1cc(OC)c(C(=O)NC2CC3(N=N)CCC2CC3)cc1Cl. The molecular formula is C17H23ClN4O2. The number of halogens is 1. The second-order valence-electron chi connectivity index (χ2n) is 6.74. The van der Waals surface area contributed by atoms with Crippen LogP contribution in [-0.4, -0.2) is 31.6 Å². The molecule has 0 saturated heterocycles. The van der Waals surface area contributed by atoms with Crippen molar-refractivity contribution in [3.63, 3.8) is 0 Å². The van der Waals surface area contributed by atoms with E-state index in [0.717, 1.165) is 32.1 Å². The minimum atomic E-state index is -0.273. The number of fused-ring (bicyclic) bond motifs is 3. The molecule has 1 amide bonds. The highest BCUT2D eigenvalue weighted by Gasteiger charge is 2.46. The number of hydrogen-bond donors (Lipinski definition) is 3. The number of nitrogens with zero attached hydrogens (tertiary/aromatic N) is 1. The molecule has 3 fully saturated rings. The normalized spacial score (nSPS) is 28.3. The number of carbonyl (C=O) groups is 1. The Morgan fingerprint density at radius 3 is 2.71 bits per heavy atom. The predicted molar refractivity (Wildman–Crippen MR) is 93.3 cm³/mol. The number of carbonyl (C=O) groups excluding carboxylic acids is 1. The van der Waals surface area contributed by atoms with Crippen molar-refractivity contribution in [2.45, 2.75) is 43.7 Å². The van der Waals surface area contributed by atoms with Gasteiger partial charge in [-0.1, -0.05) is 11.6 Å². The second-order valence-corrected chi connectivity index (χ2v) is 7.15. The van der Waals surface area contributed by atoms with E-state index in [1.54, 1.807) is 19.2 Å². The standard InChI is InChI=1S/C17H23ClN4O2/c1-20-13-8-15(24-2)11(7-12(13)18)16(23)21-14-9-17(22-19)5-3-10(14)4-6-17/h7-8,10,14,19-20H,3-6,9H2,1-2H3,(H,21,23). The van der Waals surface area contributed by atoms with Gasteiger partial charge in [-0.2, -0.15) is 5.11 Å². The van der Waals surface area contributed by atoms with Gasteiger partial charge in [-0.25, -0.2) is 5.53 Å². The molecule has 0 heterocycles. The topological polar surface area (TPSA) is 86.6 Å². The fraction of sp³-hybridized carbons (Fsp3) is 0.588. The Hall–Kier alpha value is -1.82. The molecule has 130 valence electrons. The number of anilines is 1. The van der Waals surface area contributed by atoms with E-state index < -0.39 is 0 Å². The van der Waals surface area contributed by atoms with E-state index in [9.17, 15) is 4.79 Å². The average Bonchev–Trinajstić information content (AvgIpc) is 2.62. The van der Waals surface area contributed by atoms with Gasteiger partial charge in [-0.05, 0) is 44.1 Å². The van der Waals surface area contributed by atoms with Gasteiger partial charge in [0.15, 0.2) is 0 Å². The van der Waals surface area contributed by atoms with Crippen LogP contribution in [0.3, 0.4) is 0 Å². The highest BCUT2D eigenvalue weighted by molar-refractivity contribution is 6.33. The Bertz CT molecular complexity index is 656. The van der Waals surface area contributed by atoms with Crippen molar-refractivity contribution in [2.75, 3.05) is 19.5 Å². The van der Waals surface area contributed by atoms with Crippen molar-refractivity contribution in [1.29, 1.82) is 5.53 Å². The smallest absolute Gasteiger partial charge is 0.255 e. The first-order valence-electron chi connectivity index (χ1n) is 8.26. The molecule has 1 unspecified atom stereocenters. The fourth-order valence-corrected chi connectivity index (χ4v) is 4.28. The fourth-order valence-electron chi connectivity index (χ4n) is 4.02. The van der Waals surface area contributed by atoms with Crippen LogP contribution >= 0.6 is 11.6 Å². The summed E-state index contributed by atoms with van der Waals surface area (Å²) in [6.45, 7) is 0. The average molecular weight is 351 g/mol. The summed E-state index contributed by atoms with van der Waals surface area (Å²) < 4.78 is 5.35. The van der Waals surface area contributed by atoms with E-state index in [1.807, 2.05) is 0 Å². The molecule has 3 aliphatic rings. The van der Waals surface area contributed by atoms with Crippen LogP contribution < -0.4 is 15.4 Å². The molecule has 0 spiro atoms. The minimum Gasteiger partial charge on any atom is -0.496 e. The summed E-state index contributed by atoms with van der Waals surface area (Å²) in [5.41, 5.74) is 8.38. The molecule has 6 nitrogen and oxygen atoms in total. The zero-order chi connectivity index (χ0) is 17.3. The Labute approximate surface area is 146 Å². The van der Waals surface area contributed by atoms with Crippen LogP contribution in [0.2, 0.25) is 5.02 Å². The first kappa shape index (κ1) is 17.0. The lowest BCUT2D eigenvalue weighted by Crippen LogP contribution is -2.53. The predicted octanol–water partition coefficient (Wildman–Crippen LogP) is 3.85. The Morgan fingerprint density at radius 2 is 2.12 bits per heavy atom. The molecule has 7 heteroatoms. The molecule has 3 saturated carbocycles. The number of methoxy groups -OCH3 is 1. The van der Waals surface area contributed by atoms with Gasteiger partial charge in [-0.15, -0.1) is 0 Å². The van der Waals surface area contributed by atoms with E-state index in [2.05, 4.69) is 15.7 Å². The molecule has 0 aliphatic heterocycles. The summed E-state index contributed by atoms with van der Waals surface area (Å²) in [4.78, 5) is 12.8. The Kier molecular flexibility index (Phi) is 4.67. The van der Waals surface area contributed by atoms with Crippen LogP contribution in [0.4, 0.5) is 5.69 Å². The second kappa shape index (κ2) is 6.59. The summed E-state index contributed by atoms with van der Waals surface area (Å²) in [6.07, 6.45) is 4.70. The maximum atomic E-state index is 12.8. The van der Waals surface area contributed by atoms with Crippen LogP contribution in [0, 0.1) is 11.4 Å². The van der Waals surface area contributed by atoms with Crippen molar-refractivity contribution in [3.05, 3.63) is 22.7 Å². The maximum Gasteiger partial charge on any atom is 0.255 e. The van der Waals surface area contributed by atoms with Crippen LogP contribution in [0.15, 0.2) is 17.2 Å². The van der Waals surface area contributed by atoms with Crippen LogP contribution in [0.1, 0.15) is 42.5 Å². The third-order valence-corrected chi connectivity index (χ3v) is 5.80. The van der Waals surface area contributed by atoms with Crippen molar-refractivity contribution < 1.29 is 9.53 Å².